The number of carbonyl (C=O) groups excluding carboxylic acids is 1. The molecule has 0 saturated carbocycles. The van der Waals surface area contributed by atoms with Gasteiger partial charge < -0.3 is 19.2 Å². The Bertz CT molecular complexity index is 1100. The maximum atomic E-state index is 12.9. The molecule has 1 amide bonds. The molecule has 0 aliphatic carbocycles. The highest BCUT2D eigenvalue weighted by Gasteiger charge is 2.23. The number of nitrogens with one attached hydrogen (secondary N) is 1. The lowest BCUT2D eigenvalue weighted by molar-refractivity contribution is 0.0922. The number of hydrogen-bond acceptors (Lipinski definition) is 5. The number of hydrogen-bond donors (Lipinski definition) is 1. The van der Waals surface area contributed by atoms with Gasteiger partial charge in [-0.1, -0.05) is 38.1 Å². The van der Waals surface area contributed by atoms with Gasteiger partial charge in [0.2, 0.25) is 0 Å². The Morgan fingerprint density at radius 3 is 2.55 bits per heavy atom. The molecule has 0 fully saturated rings. The van der Waals surface area contributed by atoms with E-state index < -0.39 is 11.5 Å². The Labute approximate surface area is 168 Å². The lowest BCUT2D eigenvalue weighted by Gasteiger charge is -2.23. The predicted molar refractivity (Wildman–Crippen MR) is 110 cm³/mol. The molecule has 4 rings (SSSR count). The standard InChI is InChI=1S/C23H23NO5/c1-14(2)21(16-8-9-19-20(13-16)28-11-5-10-27-19)24-22(25)17-12-15-6-3-4-7-18(15)29-23(17)26/h3-4,6-9,12-14,21H,5,10-11H2,1-2H3,(H,24,25)/t21-/m0/s1. The largest absolute Gasteiger partial charge is 0.490 e. The number of amides is 1. The maximum absolute atomic E-state index is 12.9. The minimum atomic E-state index is -0.651. The molecule has 0 unspecified atom stereocenters. The normalized spacial score (nSPS) is 14.4. The second-order valence-electron chi connectivity index (χ2n) is 7.44. The minimum absolute atomic E-state index is 0.0105. The van der Waals surface area contributed by atoms with Crippen molar-refractivity contribution in [3.8, 4) is 11.5 Å². The van der Waals surface area contributed by atoms with Crippen LogP contribution in [0.2, 0.25) is 0 Å². The monoisotopic (exact) mass is 393 g/mol. The van der Waals surface area contributed by atoms with Gasteiger partial charge in [-0.2, -0.15) is 0 Å². The summed E-state index contributed by atoms with van der Waals surface area (Å²) < 4.78 is 16.8. The molecule has 0 saturated heterocycles. The molecule has 0 bridgehead atoms. The SMILES string of the molecule is CC(C)[C@H](NC(=O)c1cc2ccccc2oc1=O)c1ccc2c(c1)OCCCO2. The predicted octanol–water partition coefficient (Wildman–Crippen LogP) is 4.08. The summed E-state index contributed by atoms with van der Waals surface area (Å²) in [5.74, 6) is 1.01. The number of benzene rings is 2. The highest BCUT2D eigenvalue weighted by atomic mass is 16.5. The van der Waals surface area contributed by atoms with Crippen LogP contribution in [0.4, 0.5) is 0 Å². The lowest BCUT2D eigenvalue weighted by atomic mass is 9.95. The molecule has 1 aliphatic rings. The van der Waals surface area contributed by atoms with E-state index in [4.69, 9.17) is 13.9 Å². The Kier molecular flexibility index (Phi) is 5.25. The van der Waals surface area contributed by atoms with Crippen molar-refractivity contribution >= 4 is 16.9 Å². The Morgan fingerprint density at radius 1 is 1.00 bits per heavy atom. The van der Waals surface area contributed by atoms with Crippen molar-refractivity contribution in [2.75, 3.05) is 13.2 Å². The summed E-state index contributed by atoms with van der Waals surface area (Å²) >= 11 is 0. The van der Waals surface area contributed by atoms with E-state index in [0.29, 0.717) is 35.7 Å². The van der Waals surface area contributed by atoms with Crippen LogP contribution < -0.4 is 20.4 Å². The highest BCUT2D eigenvalue weighted by molar-refractivity contribution is 5.96. The summed E-state index contributed by atoms with van der Waals surface area (Å²) in [5, 5.41) is 3.68. The van der Waals surface area contributed by atoms with Crippen molar-refractivity contribution in [2.24, 2.45) is 5.92 Å². The first-order valence-corrected chi connectivity index (χ1v) is 9.76. The van der Waals surface area contributed by atoms with E-state index in [0.717, 1.165) is 12.0 Å². The van der Waals surface area contributed by atoms with Crippen molar-refractivity contribution in [3.05, 3.63) is 70.1 Å². The molecule has 2 heterocycles. The van der Waals surface area contributed by atoms with Crippen LogP contribution in [-0.4, -0.2) is 19.1 Å². The van der Waals surface area contributed by atoms with E-state index in [1.807, 2.05) is 38.1 Å². The van der Waals surface area contributed by atoms with Crippen LogP contribution in [0.3, 0.4) is 0 Å². The molecule has 0 spiro atoms. The average Bonchev–Trinajstić information content (AvgIpc) is 2.96. The van der Waals surface area contributed by atoms with E-state index in [2.05, 4.69) is 5.32 Å². The third-order valence-electron chi connectivity index (χ3n) is 4.97. The molecular formula is C23H23NO5. The van der Waals surface area contributed by atoms with E-state index in [1.54, 1.807) is 24.3 Å². The van der Waals surface area contributed by atoms with Crippen LogP contribution in [0, 0.1) is 5.92 Å². The summed E-state index contributed by atoms with van der Waals surface area (Å²) in [6, 6.07) is 14.1. The molecule has 1 aliphatic heterocycles. The second-order valence-corrected chi connectivity index (χ2v) is 7.44. The fourth-order valence-electron chi connectivity index (χ4n) is 3.45. The molecule has 3 aromatic rings. The van der Waals surface area contributed by atoms with Crippen molar-refractivity contribution in [1.82, 2.24) is 5.32 Å². The Balaban J connectivity index is 1.64. The zero-order valence-electron chi connectivity index (χ0n) is 16.4. The second kappa shape index (κ2) is 7.99. The number of ether oxygens (including phenoxy) is 2. The van der Waals surface area contributed by atoms with Gasteiger partial charge in [0.25, 0.3) is 5.91 Å². The van der Waals surface area contributed by atoms with Crippen molar-refractivity contribution < 1.29 is 18.7 Å². The van der Waals surface area contributed by atoms with Crippen molar-refractivity contribution in [3.63, 3.8) is 0 Å². The van der Waals surface area contributed by atoms with Gasteiger partial charge in [0.05, 0.1) is 19.3 Å². The quantitative estimate of drug-likeness (QED) is 0.676. The smallest absolute Gasteiger partial charge is 0.349 e. The zero-order valence-corrected chi connectivity index (χ0v) is 16.4. The third-order valence-corrected chi connectivity index (χ3v) is 4.97. The maximum Gasteiger partial charge on any atom is 0.349 e. The Hall–Kier alpha value is -3.28. The molecule has 2 aromatic carbocycles. The van der Waals surface area contributed by atoms with Crippen LogP contribution in [0.1, 0.15) is 42.2 Å². The third kappa shape index (κ3) is 3.97. The molecular weight excluding hydrogens is 370 g/mol. The van der Waals surface area contributed by atoms with Gasteiger partial charge in [-0.15, -0.1) is 0 Å². The van der Waals surface area contributed by atoms with E-state index >= 15 is 0 Å². The summed E-state index contributed by atoms with van der Waals surface area (Å²) in [7, 11) is 0. The van der Waals surface area contributed by atoms with Gasteiger partial charge in [0.1, 0.15) is 11.1 Å². The summed E-state index contributed by atoms with van der Waals surface area (Å²) in [6.07, 6.45) is 0.825. The first-order chi connectivity index (χ1) is 14.0. The van der Waals surface area contributed by atoms with Crippen molar-refractivity contribution in [1.29, 1.82) is 0 Å². The number of carbonyl (C=O) groups is 1. The molecule has 150 valence electrons. The molecule has 1 atom stereocenters. The number of fused-ring (bicyclic) bond motifs is 2. The summed E-state index contributed by atoms with van der Waals surface area (Å²) in [5.41, 5.74) is 0.686. The highest BCUT2D eigenvalue weighted by Crippen LogP contribution is 2.34. The molecule has 6 heteroatoms. The molecule has 1 aromatic heterocycles. The number of rotatable bonds is 4. The van der Waals surface area contributed by atoms with Gasteiger partial charge in [-0.25, -0.2) is 4.79 Å². The zero-order chi connectivity index (χ0) is 20.4. The number of para-hydroxylation sites is 1. The van der Waals surface area contributed by atoms with Crippen LogP contribution in [-0.2, 0) is 0 Å². The van der Waals surface area contributed by atoms with Gasteiger partial charge >= 0.3 is 5.63 Å². The van der Waals surface area contributed by atoms with Crippen molar-refractivity contribution in [2.45, 2.75) is 26.3 Å². The van der Waals surface area contributed by atoms with Gasteiger partial charge in [0, 0.05) is 11.8 Å². The van der Waals surface area contributed by atoms with E-state index in [9.17, 15) is 9.59 Å². The summed E-state index contributed by atoms with van der Waals surface area (Å²) in [6.45, 7) is 5.23. The van der Waals surface area contributed by atoms with Crippen LogP contribution in [0.15, 0.2) is 57.7 Å². The Morgan fingerprint density at radius 2 is 1.76 bits per heavy atom. The van der Waals surface area contributed by atoms with E-state index in [-0.39, 0.29) is 17.5 Å². The van der Waals surface area contributed by atoms with Crippen LogP contribution in [0.5, 0.6) is 11.5 Å². The molecule has 1 N–H and O–H groups in total. The molecule has 6 nitrogen and oxygen atoms in total. The lowest BCUT2D eigenvalue weighted by Crippen LogP contribution is -2.34. The topological polar surface area (TPSA) is 77.8 Å². The van der Waals surface area contributed by atoms with E-state index in [1.165, 1.54) is 0 Å². The van der Waals surface area contributed by atoms with Gasteiger partial charge in [-0.05, 0) is 35.7 Å². The fourth-order valence-corrected chi connectivity index (χ4v) is 3.45. The molecule has 0 radical (unpaired) electrons. The molecule has 29 heavy (non-hydrogen) atoms. The fraction of sp³-hybridized carbons (Fsp3) is 0.304. The summed E-state index contributed by atoms with van der Waals surface area (Å²) in [4.78, 5) is 25.2. The minimum Gasteiger partial charge on any atom is -0.490 e. The first kappa shape index (κ1) is 19.1. The van der Waals surface area contributed by atoms with Gasteiger partial charge in [0.15, 0.2) is 11.5 Å². The average molecular weight is 393 g/mol. The first-order valence-electron chi connectivity index (χ1n) is 9.76. The van der Waals surface area contributed by atoms with Crippen LogP contribution in [0.25, 0.3) is 11.0 Å². The van der Waals surface area contributed by atoms with Crippen LogP contribution >= 0.6 is 0 Å². The van der Waals surface area contributed by atoms with Gasteiger partial charge in [-0.3, -0.25) is 4.79 Å².